The highest BCUT2D eigenvalue weighted by Gasteiger charge is 2.35. The summed E-state index contributed by atoms with van der Waals surface area (Å²) in [6.07, 6.45) is -2.63. The van der Waals surface area contributed by atoms with Gasteiger partial charge in [0.15, 0.2) is 0 Å². The summed E-state index contributed by atoms with van der Waals surface area (Å²) >= 11 is 0. The molecule has 1 N–H and O–H groups in total. The Labute approximate surface area is 175 Å². The summed E-state index contributed by atoms with van der Waals surface area (Å²) in [5.74, 6) is 0.0275. The van der Waals surface area contributed by atoms with Crippen molar-refractivity contribution in [2.24, 2.45) is 0 Å². The van der Waals surface area contributed by atoms with E-state index in [4.69, 9.17) is 4.52 Å². The number of aromatic nitrogens is 3. The average Bonchev–Trinajstić information content (AvgIpc) is 3.34. The Balaban J connectivity index is 1.41. The molecule has 1 amide bonds. The minimum atomic E-state index is -4.75. The lowest BCUT2D eigenvalue weighted by Crippen LogP contribution is -2.36. The number of hydrogen-bond acceptors (Lipinski definition) is 7. The second kappa shape index (κ2) is 8.34. The highest BCUT2D eigenvalue weighted by molar-refractivity contribution is 5.92. The largest absolute Gasteiger partial charge is 0.573 e. The fraction of sp³-hybridized carbons (Fsp3) is 0.300. The summed E-state index contributed by atoms with van der Waals surface area (Å²) in [5, 5.41) is 6.88. The van der Waals surface area contributed by atoms with Crippen LogP contribution in [0.4, 0.5) is 13.2 Å². The maximum absolute atomic E-state index is 12.3. The van der Waals surface area contributed by atoms with Crippen molar-refractivity contribution in [2.75, 3.05) is 13.6 Å². The zero-order chi connectivity index (χ0) is 22.0. The Morgan fingerprint density at radius 3 is 2.68 bits per heavy atom. The topological polar surface area (TPSA) is 93.4 Å². The van der Waals surface area contributed by atoms with Gasteiger partial charge in [0.05, 0.1) is 6.04 Å². The van der Waals surface area contributed by atoms with Gasteiger partial charge in [-0.1, -0.05) is 11.2 Å². The summed E-state index contributed by atoms with van der Waals surface area (Å²) in [6, 6.07) is 10.00. The number of nitrogens with one attached hydrogen (secondary N) is 1. The van der Waals surface area contributed by atoms with Crippen LogP contribution < -0.4 is 10.1 Å². The number of likely N-dealkylation sites (N-methyl/N-ethyl adjacent to an activating group) is 1. The summed E-state index contributed by atoms with van der Waals surface area (Å²) in [5.41, 5.74) is 0.830. The van der Waals surface area contributed by atoms with Crippen LogP contribution in [0.25, 0.3) is 11.4 Å². The van der Waals surface area contributed by atoms with Crippen LogP contribution in [0.2, 0.25) is 0 Å². The number of ether oxygens (including phenoxy) is 1. The molecule has 0 saturated carbocycles. The molecule has 1 aliphatic rings. The van der Waals surface area contributed by atoms with Crippen molar-refractivity contribution in [1.29, 1.82) is 0 Å². The number of hydrogen-bond donors (Lipinski definition) is 1. The number of halogens is 3. The first kappa shape index (κ1) is 20.8. The van der Waals surface area contributed by atoms with Crippen molar-refractivity contribution >= 4 is 5.91 Å². The minimum Gasteiger partial charge on any atom is -0.406 e. The third-order valence-corrected chi connectivity index (χ3v) is 4.85. The zero-order valence-corrected chi connectivity index (χ0v) is 16.3. The molecule has 4 rings (SSSR count). The van der Waals surface area contributed by atoms with Crippen LogP contribution >= 0.6 is 0 Å². The molecule has 2 atom stereocenters. The maximum Gasteiger partial charge on any atom is 0.573 e. The van der Waals surface area contributed by atoms with Crippen molar-refractivity contribution < 1.29 is 27.2 Å². The van der Waals surface area contributed by atoms with E-state index < -0.39 is 6.36 Å². The Morgan fingerprint density at radius 2 is 2.00 bits per heavy atom. The van der Waals surface area contributed by atoms with E-state index in [1.54, 1.807) is 24.4 Å². The van der Waals surface area contributed by atoms with Gasteiger partial charge in [-0.25, -0.2) is 0 Å². The molecular weight excluding hydrogens is 415 g/mol. The fourth-order valence-electron chi connectivity index (χ4n) is 3.44. The van der Waals surface area contributed by atoms with Crippen LogP contribution in [0.1, 0.15) is 28.8 Å². The van der Waals surface area contributed by atoms with Crippen molar-refractivity contribution in [2.45, 2.75) is 24.9 Å². The van der Waals surface area contributed by atoms with Gasteiger partial charge >= 0.3 is 6.36 Å². The number of nitrogens with zero attached hydrogens (tertiary/aromatic N) is 4. The van der Waals surface area contributed by atoms with E-state index in [0.29, 0.717) is 30.1 Å². The molecule has 1 aliphatic heterocycles. The molecule has 0 bridgehead atoms. The number of pyridine rings is 1. The Morgan fingerprint density at radius 1 is 1.23 bits per heavy atom. The first-order valence-electron chi connectivity index (χ1n) is 9.40. The molecule has 8 nitrogen and oxygen atoms in total. The Kier molecular flexibility index (Phi) is 5.59. The van der Waals surface area contributed by atoms with E-state index in [9.17, 15) is 18.0 Å². The normalized spacial score (nSPS) is 19.4. The van der Waals surface area contributed by atoms with Crippen LogP contribution in [0.15, 0.2) is 53.2 Å². The van der Waals surface area contributed by atoms with Crippen molar-refractivity contribution in [3.8, 4) is 17.1 Å². The minimum absolute atomic E-state index is 0.126. The molecule has 1 fully saturated rings. The highest BCUT2D eigenvalue weighted by Crippen LogP contribution is 2.31. The smallest absolute Gasteiger partial charge is 0.406 e. The summed E-state index contributed by atoms with van der Waals surface area (Å²) < 4.78 is 46.1. The molecule has 162 valence electrons. The molecular formula is C20H18F3N5O3. The van der Waals surface area contributed by atoms with Gasteiger partial charge in [-0.2, -0.15) is 4.98 Å². The van der Waals surface area contributed by atoms with E-state index in [2.05, 4.69) is 25.2 Å². The van der Waals surface area contributed by atoms with Crippen LogP contribution in [0.3, 0.4) is 0 Å². The van der Waals surface area contributed by atoms with E-state index in [1.165, 1.54) is 24.3 Å². The highest BCUT2D eigenvalue weighted by atomic mass is 19.4. The van der Waals surface area contributed by atoms with E-state index >= 15 is 0 Å². The average molecular weight is 433 g/mol. The lowest BCUT2D eigenvalue weighted by atomic mass is 10.1. The fourth-order valence-corrected chi connectivity index (χ4v) is 3.44. The summed E-state index contributed by atoms with van der Waals surface area (Å²) in [6.45, 7) is 0.588. The number of carbonyl (C=O) groups excluding carboxylic acids is 1. The van der Waals surface area contributed by atoms with E-state index in [0.717, 1.165) is 0 Å². The molecule has 3 heterocycles. The number of carbonyl (C=O) groups is 1. The number of benzene rings is 1. The SMILES string of the molecule is CN1C[C@@H](NC(=O)c2ccccn2)C[C@H]1c1nc(-c2ccc(OC(F)(F)F)cc2)no1. The molecule has 1 saturated heterocycles. The predicted molar refractivity (Wildman–Crippen MR) is 102 cm³/mol. The van der Waals surface area contributed by atoms with Crippen molar-refractivity contribution in [1.82, 2.24) is 25.3 Å². The first-order valence-corrected chi connectivity index (χ1v) is 9.40. The third kappa shape index (κ3) is 5.00. The number of likely N-dealkylation sites (tertiary alicyclic amines) is 1. The lowest BCUT2D eigenvalue weighted by molar-refractivity contribution is -0.274. The number of rotatable bonds is 5. The standard InChI is InChI=1S/C20H18F3N5O3/c1-28-11-13(25-18(29)15-4-2-3-9-24-15)10-16(28)19-26-17(27-31-19)12-5-7-14(8-6-12)30-20(21,22)23/h2-9,13,16H,10-11H2,1H3,(H,25,29)/t13-,16-/m0/s1. The summed E-state index contributed by atoms with van der Waals surface area (Å²) in [4.78, 5) is 22.7. The van der Waals surface area contributed by atoms with Gasteiger partial charge in [0.1, 0.15) is 11.4 Å². The molecule has 0 aliphatic carbocycles. The third-order valence-electron chi connectivity index (χ3n) is 4.85. The lowest BCUT2D eigenvalue weighted by Gasteiger charge is -2.14. The molecule has 2 aromatic heterocycles. The quantitative estimate of drug-likeness (QED) is 0.660. The monoisotopic (exact) mass is 433 g/mol. The molecule has 1 aromatic carbocycles. The Bertz CT molecular complexity index is 1040. The second-order valence-electron chi connectivity index (χ2n) is 7.10. The van der Waals surface area contributed by atoms with Gasteiger partial charge in [0.25, 0.3) is 5.91 Å². The Hall–Kier alpha value is -3.47. The van der Waals surface area contributed by atoms with Crippen LogP contribution in [-0.2, 0) is 0 Å². The predicted octanol–water partition coefficient (Wildman–Crippen LogP) is 3.21. The van der Waals surface area contributed by atoms with Crippen LogP contribution in [0.5, 0.6) is 5.75 Å². The van der Waals surface area contributed by atoms with E-state index in [-0.39, 0.29) is 29.6 Å². The van der Waals surface area contributed by atoms with Crippen LogP contribution in [0, 0.1) is 0 Å². The van der Waals surface area contributed by atoms with Gasteiger partial charge < -0.3 is 14.6 Å². The van der Waals surface area contributed by atoms with Crippen molar-refractivity contribution in [3.63, 3.8) is 0 Å². The molecule has 31 heavy (non-hydrogen) atoms. The summed E-state index contributed by atoms with van der Waals surface area (Å²) in [7, 11) is 1.88. The second-order valence-corrected chi connectivity index (χ2v) is 7.10. The molecule has 11 heteroatoms. The van der Waals surface area contributed by atoms with Gasteiger partial charge in [-0.15, -0.1) is 13.2 Å². The maximum atomic E-state index is 12.3. The first-order chi connectivity index (χ1) is 14.8. The molecule has 3 aromatic rings. The number of amides is 1. The number of alkyl halides is 3. The van der Waals surface area contributed by atoms with Gasteiger partial charge in [0.2, 0.25) is 11.7 Å². The zero-order valence-electron chi connectivity index (χ0n) is 16.3. The van der Waals surface area contributed by atoms with Gasteiger partial charge in [-0.05, 0) is 49.9 Å². The van der Waals surface area contributed by atoms with E-state index in [1.807, 2.05) is 11.9 Å². The van der Waals surface area contributed by atoms with Crippen LogP contribution in [-0.4, -0.2) is 51.9 Å². The van der Waals surface area contributed by atoms with Gasteiger partial charge in [0, 0.05) is 24.3 Å². The van der Waals surface area contributed by atoms with Gasteiger partial charge in [-0.3, -0.25) is 14.7 Å². The molecule has 0 unspecified atom stereocenters. The molecule has 0 spiro atoms. The van der Waals surface area contributed by atoms with Crippen molar-refractivity contribution in [3.05, 3.63) is 60.2 Å². The molecule has 0 radical (unpaired) electrons.